The number of nitrogens with one attached hydrogen (secondary N) is 1. The number of carbonyl (C=O) groups excluding carboxylic acids is 2. The molecule has 4 atom stereocenters. The van der Waals surface area contributed by atoms with Gasteiger partial charge in [-0.1, -0.05) is 6.42 Å². The van der Waals surface area contributed by atoms with Crippen molar-refractivity contribution in [1.29, 1.82) is 0 Å². The number of carboxylic acids is 1. The topological polar surface area (TPSA) is 197 Å². The molecule has 5 N–H and O–H groups in total. The predicted octanol–water partition coefficient (Wildman–Crippen LogP) is -0.587. The van der Waals surface area contributed by atoms with Crippen LogP contribution in [0.2, 0.25) is 0 Å². The summed E-state index contributed by atoms with van der Waals surface area (Å²) in [6, 6.07) is 0. The highest BCUT2D eigenvalue weighted by Gasteiger charge is 2.71. The molecular weight excluding hydrogens is 438 g/mol. The Morgan fingerprint density at radius 2 is 1.79 bits per heavy atom. The number of Topliss-reactive ketones (excluding diaryl/α,β-unsaturated/α-hetero) is 2. The number of unbranched alkanes of at least 4 members (excludes halogenated alkanes) is 2. The molecule has 13 nitrogen and oxygen atoms in total. The molecule has 0 aliphatic carbocycles. The zero-order valence-corrected chi connectivity index (χ0v) is 18.3. The van der Waals surface area contributed by atoms with Crippen molar-refractivity contribution in [1.82, 2.24) is 19.5 Å². The lowest BCUT2D eigenvalue weighted by Gasteiger charge is -2.36. The second-order valence-corrected chi connectivity index (χ2v) is 7.98. The largest absolute Gasteiger partial charge is 0.481 e. The fourth-order valence-electron chi connectivity index (χ4n) is 4.10. The fraction of sp³-hybridized carbons (Fsp3) is 0.600. The number of anilines is 1. The standard InChI is InChI=1S/C20H27N5O8/c1-11(27)19(31)13(8-26)33-18(20(19,32)12(2)28)25-10-24-15-16(22-9-23-17(15)25)21-7-5-3-4-6-14(29)30/h9-10,13,18,26,31-32H,3-8H2,1-2H3,(H,29,30)(H,21,22,23)/t13-,18-,19-,20+/m1/s1. The van der Waals surface area contributed by atoms with Crippen molar-refractivity contribution >= 4 is 34.5 Å². The summed E-state index contributed by atoms with van der Waals surface area (Å²) < 4.78 is 6.81. The van der Waals surface area contributed by atoms with E-state index in [0.29, 0.717) is 31.6 Å². The van der Waals surface area contributed by atoms with Crippen molar-refractivity contribution in [2.24, 2.45) is 0 Å². The Kier molecular flexibility index (Phi) is 7.07. The van der Waals surface area contributed by atoms with E-state index in [9.17, 15) is 29.7 Å². The highest BCUT2D eigenvalue weighted by Crippen LogP contribution is 2.47. The van der Waals surface area contributed by atoms with E-state index < -0.39 is 47.7 Å². The monoisotopic (exact) mass is 465 g/mol. The van der Waals surface area contributed by atoms with Crippen molar-refractivity contribution in [3.8, 4) is 0 Å². The fourth-order valence-corrected chi connectivity index (χ4v) is 4.10. The molecule has 1 saturated heterocycles. The predicted molar refractivity (Wildman–Crippen MR) is 112 cm³/mol. The lowest BCUT2D eigenvalue weighted by Crippen LogP contribution is -2.66. The smallest absolute Gasteiger partial charge is 0.303 e. The molecule has 2 aromatic rings. The maximum absolute atomic E-state index is 12.5. The van der Waals surface area contributed by atoms with Gasteiger partial charge in [-0.05, 0) is 26.7 Å². The van der Waals surface area contributed by atoms with Gasteiger partial charge in [-0.3, -0.25) is 19.0 Å². The summed E-state index contributed by atoms with van der Waals surface area (Å²) in [6.07, 6.45) is 1.37. The number of fused-ring (bicyclic) bond motifs is 1. The van der Waals surface area contributed by atoms with Gasteiger partial charge in [0.1, 0.15) is 12.4 Å². The highest BCUT2D eigenvalue weighted by atomic mass is 16.6. The lowest BCUT2D eigenvalue weighted by molar-refractivity contribution is -0.181. The van der Waals surface area contributed by atoms with Gasteiger partial charge in [-0.25, -0.2) is 15.0 Å². The number of nitrogens with zero attached hydrogens (tertiary/aromatic N) is 4. The molecule has 1 aliphatic heterocycles. The minimum absolute atomic E-state index is 0.101. The first-order valence-electron chi connectivity index (χ1n) is 10.4. The van der Waals surface area contributed by atoms with Gasteiger partial charge in [0.2, 0.25) is 5.60 Å². The summed E-state index contributed by atoms with van der Waals surface area (Å²) in [5.41, 5.74) is -4.94. The molecule has 1 fully saturated rings. The third-order valence-electron chi connectivity index (χ3n) is 5.91. The number of carbonyl (C=O) groups is 3. The van der Waals surface area contributed by atoms with Gasteiger partial charge in [0.05, 0.1) is 12.9 Å². The summed E-state index contributed by atoms with van der Waals surface area (Å²) in [5, 5.41) is 43.7. The minimum atomic E-state index is -2.71. The second-order valence-electron chi connectivity index (χ2n) is 7.98. The summed E-state index contributed by atoms with van der Waals surface area (Å²) in [7, 11) is 0. The zero-order valence-electron chi connectivity index (χ0n) is 18.3. The normalized spacial score (nSPS) is 27.1. The Labute approximate surface area is 188 Å². The number of ether oxygens (including phenoxy) is 1. The van der Waals surface area contributed by atoms with Crippen LogP contribution in [-0.4, -0.2) is 87.9 Å². The van der Waals surface area contributed by atoms with Gasteiger partial charge in [-0.15, -0.1) is 0 Å². The molecule has 2 aromatic heterocycles. The van der Waals surface area contributed by atoms with Crippen molar-refractivity contribution < 1.29 is 39.5 Å². The minimum Gasteiger partial charge on any atom is -0.481 e. The van der Waals surface area contributed by atoms with Crippen molar-refractivity contribution in [3.63, 3.8) is 0 Å². The number of hydrogen-bond acceptors (Lipinski definition) is 11. The molecule has 0 bridgehead atoms. The number of imidazole rings is 1. The number of ketones is 2. The van der Waals surface area contributed by atoms with E-state index in [4.69, 9.17) is 9.84 Å². The van der Waals surface area contributed by atoms with E-state index in [1.54, 1.807) is 0 Å². The lowest BCUT2D eigenvalue weighted by atomic mass is 9.75. The molecule has 13 heteroatoms. The number of rotatable bonds is 11. The van der Waals surface area contributed by atoms with Gasteiger partial charge in [0.15, 0.2) is 40.4 Å². The first kappa shape index (κ1) is 24.6. The van der Waals surface area contributed by atoms with Crippen LogP contribution in [0.4, 0.5) is 5.82 Å². The molecule has 0 spiro atoms. The molecular formula is C20H27N5O8. The van der Waals surface area contributed by atoms with Crippen LogP contribution in [0.5, 0.6) is 0 Å². The third kappa shape index (κ3) is 4.08. The van der Waals surface area contributed by atoms with Crippen molar-refractivity contribution in [2.75, 3.05) is 18.5 Å². The molecule has 0 unspecified atom stereocenters. The van der Waals surface area contributed by atoms with E-state index in [2.05, 4.69) is 20.3 Å². The Morgan fingerprint density at radius 3 is 2.39 bits per heavy atom. The molecule has 1 aliphatic rings. The van der Waals surface area contributed by atoms with E-state index in [0.717, 1.165) is 13.8 Å². The summed E-state index contributed by atoms with van der Waals surface area (Å²) >= 11 is 0. The van der Waals surface area contributed by atoms with Crippen LogP contribution in [-0.2, 0) is 19.1 Å². The Morgan fingerprint density at radius 1 is 1.09 bits per heavy atom. The quantitative estimate of drug-likeness (QED) is 0.265. The third-order valence-corrected chi connectivity index (χ3v) is 5.91. The first-order chi connectivity index (χ1) is 15.6. The van der Waals surface area contributed by atoms with E-state index in [1.165, 1.54) is 17.2 Å². The number of hydrogen-bond donors (Lipinski definition) is 5. The van der Waals surface area contributed by atoms with E-state index >= 15 is 0 Å². The van der Waals surface area contributed by atoms with Gasteiger partial charge in [0, 0.05) is 13.0 Å². The van der Waals surface area contributed by atoms with E-state index in [-0.39, 0.29) is 17.6 Å². The summed E-state index contributed by atoms with van der Waals surface area (Å²) in [5.74, 6) is -2.35. The molecule has 3 heterocycles. The first-order valence-corrected chi connectivity index (χ1v) is 10.4. The zero-order chi connectivity index (χ0) is 24.4. The van der Waals surface area contributed by atoms with Crippen LogP contribution in [0.15, 0.2) is 12.7 Å². The average Bonchev–Trinajstić information content (AvgIpc) is 3.29. The molecule has 0 saturated carbocycles. The molecule has 33 heavy (non-hydrogen) atoms. The average molecular weight is 465 g/mol. The number of aliphatic carboxylic acids is 1. The number of aliphatic hydroxyl groups is 3. The Bertz CT molecular complexity index is 1060. The maximum atomic E-state index is 12.5. The van der Waals surface area contributed by atoms with Crippen LogP contribution < -0.4 is 5.32 Å². The van der Waals surface area contributed by atoms with Crippen LogP contribution in [0.3, 0.4) is 0 Å². The molecule has 3 rings (SSSR count). The SMILES string of the molecule is CC(=O)[C@@]1(O)[C@@H](CO)O[C@@H](n2cnc3c(NCCCCCC(=O)O)ncnc32)[C@@]1(O)C(C)=O. The number of aliphatic hydroxyl groups excluding tert-OH is 1. The maximum Gasteiger partial charge on any atom is 0.303 e. The van der Waals surface area contributed by atoms with Gasteiger partial charge < -0.3 is 30.5 Å². The highest BCUT2D eigenvalue weighted by molar-refractivity contribution is 5.99. The number of aromatic nitrogens is 4. The molecule has 180 valence electrons. The Balaban J connectivity index is 1.90. The second kappa shape index (κ2) is 9.47. The van der Waals surface area contributed by atoms with Gasteiger partial charge >= 0.3 is 5.97 Å². The molecule has 0 amide bonds. The van der Waals surface area contributed by atoms with Crippen molar-refractivity contribution in [3.05, 3.63) is 12.7 Å². The van der Waals surface area contributed by atoms with Crippen LogP contribution >= 0.6 is 0 Å². The Hall–Kier alpha value is -3.00. The van der Waals surface area contributed by atoms with Gasteiger partial charge in [-0.2, -0.15) is 0 Å². The summed E-state index contributed by atoms with van der Waals surface area (Å²) in [6.45, 7) is 1.68. The van der Waals surface area contributed by atoms with Crippen LogP contribution in [0.25, 0.3) is 11.2 Å². The van der Waals surface area contributed by atoms with Gasteiger partial charge in [0.25, 0.3) is 0 Å². The van der Waals surface area contributed by atoms with Crippen molar-refractivity contribution in [2.45, 2.75) is 63.1 Å². The number of carboxylic acid groups (broad SMARTS) is 1. The molecule has 0 aromatic carbocycles. The van der Waals surface area contributed by atoms with E-state index in [1.807, 2.05) is 0 Å². The van der Waals surface area contributed by atoms with Crippen LogP contribution in [0.1, 0.15) is 45.8 Å². The van der Waals surface area contributed by atoms with Crippen LogP contribution in [0, 0.1) is 0 Å². The summed E-state index contributed by atoms with van der Waals surface area (Å²) in [4.78, 5) is 47.9. The molecule has 0 radical (unpaired) electrons.